The summed E-state index contributed by atoms with van der Waals surface area (Å²) >= 11 is 3.16. The minimum absolute atomic E-state index is 0.0562. The minimum atomic E-state index is 0.0562. The van der Waals surface area contributed by atoms with E-state index in [1.807, 2.05) is 0 Å². The lowest BCUT2D eigenvalue weighted by molar-refractivity contribution is -0.738. The van der Waals surface area contributed by atoms with Crippen LogP contribution in [0.2, 0.25) is 0 Å². The molecule has 2 N–H and O–H groups in total. The normalized spacial score (nSPS) is 9.50. The van der Waals surface area contributed by atoms with Crippen LogP contribution in [0.4, 0.5) is 11.5 Å². The molecular formula is C6H7BrN3O2+. The lowest BCUT2D eigenvalue weighted by Gasteiger charge is -1.93. The average molecular weight is 233 g/mol. The van der Waals surface area contributed by atoms with Crippen molar-refractivity contribution >= 4 is 27.4 Å². The molecule has 5 nitrogen and oxygen atoms in total. The Morgan fingerprint density at radius 2 is 2.42 bits per heavy atom. The lowest BCUT2D eigenvalue weighted by Crippen LogP contribution is -2.03. The summed E-state index contributed by atoms with van der Waals surface area (Å²) in [7, 11) is 1.25. The van der Waals surface area contributed by atoms with Crippen LogP contribution in [0.1, 0.15) is 0 Å². The van der Waals surface area contributed by atoms with Gasteiger partial charge >= 0.3 is 5.82 Å². The molecule has 0 amide bonds. The van der Waals surface area contributed by atoms with E-state index in [-0.39, 0.29) is 16.4 Å². The Bertz CT molecular complexity index is 316. The van der Waals surface area contributed by atoms with Gasteiger partial charge in [0.15, 0.2) is 11.1 Å². The first kappa shape index (κ1) is 8.92. The quantitative estimate of drug-likeness (QED) is 0.784. The molecule has 0 aliphatic carbocycles. The topological polar surface area (TPSA) is 68.2 Å². The Labute approximate surface area is 77.2 Å². The van der Waals surface area contributed by atoms with Crippen LogP contribution in [0, 0.1) is 4.91 Å². The second kappa shape index (κ2) is 3.48. The van der Waals surface area contributed by atoms with Gasteiger partial charge in [0.05, 0.1) is 4.47 Å². The summed E-state index contributed by atoms with van der Waals surface area (Å²) in [6.45, 7) is 0. The number of rotatable bonds is 2. The van der Waals surface area contributed by atoms with Crippen LogP contribution >= 0.6 is 15.9 Å². The van der Waals surface area contributed by atoms with Crippen LogP contribution < -0.4 is 5.73 Å². The van der Waals surface area contributed by atoms with Crippen LogP contribution in [0.3, 0.4) is 0 Å². The van der Waals surface area contributed by atoms with Crippen LogP contribution in [0.5, 0.6) is 0 Å². The highest BCUT2D eigenvalue weighted by molar-refractivity contribution is 9.10. The fourth-order valence-electron chi connectivity index (χ4n) is 0.687. The molecule has 1 rings (SSSR count). The van der Waals surface area contributed by atoms with Crippen LogP contribution in [0.15, 0.2) is 16.7 Å². The zero-order valence-corrected chi connectivity index (χ0v) is 7.91. The SMILES string of the molecule is CO[N+](=O)c1ncc(Br)cc1N. The predicted molar refractivity (Wildman–Crippen MR) is 46.6 cm³/mol. The van der Waals surface area contributed by atoms with Crippen LogP contribution in [0.25, 0.3) is 0 Å². The molecule has 0 aliphatic heterocycles. The molecule has 0 unspecified atom stereocenters. The zero-order chi connectivity index (χ0) is 9.14. The summed E-state index contributed by atoms with van der Waals surface area (Å²) in [5, 5.41) is 0. The van der Waals surface area contributed by atoms with Gasteiger partial charge in [-0.25, -0.2) is 0 Å². The highest BCUT2D eigenvalue weighted by atomic mass is 79.9. The third-order valence-corrected chi connectivity index (χ3v) is 1.63. The number of hydrogen-bond donors (Lipinski definition) is 1. The zero-order valence-electron chi connectivity index (χ0n) is 6.32. The van der Waals surface area contributed by atoms with E-state index in [0.717, 1.165) is 0 Å². The number of nitrogen functional groups attached to an aromatic ring is 1. The van der Waals surface area contributed by atoms with Gasteiger partial charge in [0.25, 0.3) is 0 Å². The molecule has 0 bridgehead atoms. The van der Waals surface area contributed by atoms with Crippen LogP contribution in [-0.4, -0.2) is 17.0 Å². The molecular weight excluding hydrogens is 226 g/mol. The van der Waals surface area contributed by atoms with E-state index in [9.17, 15) is 4.91 Å². The van der Waals surface area contributed by atoms with Crippen molar-refractivity contribution in [1.29, 1.82) is 0 Å². The molecule has 0 aliphatic rings. The third kappa shape index (κ3) is 1.70. The first-order valence-corrected chi connectivity index (χ1v) is 3.87. The van der Waals surface area contributed by atoms with Crippen molar-refractivity contribution in [2.45, 2.75) is 0 Å². The number of hydrogen-bond acceptors (Lipinski definition) is 4. The first-order valence-electron chi connectivity index (χ1n) is 3.07. The Morgan fingerprint density at radius 3 is 2.92 bits per heavy atom. The van der Waals surface area contributed by atoms with Crippen molar-refractivity contribution in [3.8, 4) is 0 Å². The molecule has 1 aromatic heterocycles. The molecule has 0 aromatic carbocycles. The van der Waals surface area contributed by atoms with Gasteiger partial charge in [0.2, 0.25) is 0 Å². The maximum Gasteiger partial charge on any atom is 0.431 e. The smallest absolute Gasteiger partial charge is 0.392 e. The van der Waals surface area contributed by atoms with Crippen molar-refractivity contribution in [3.05, 3.63) is 21.6 Å². The number of anilines is 1. The number of aromatic nitrogens is 1. The predicted octanol–water partition coefficient (Wildman–Crippen LogP) is 1.40. The summed E-state index contributed by atoms with van der Waals surface area (Å²) in [5.74, 6) is 0.0562. The Kier molecular flexibility index (Phi) is 2.59. The van der Waals surface area contributed by atoms with Crippen molar-refractivity contribution in [3.63, 3.8) is 0 Å². The molecule has 64 valence electrons. The van der Waals surface area contributed by atoms with Gasteiger partial charge in [-0.15, -0.1) is 0 Å². The van der Waals surface area contributed by atoms with E-state index in [1.165, 1.54) is 13.3 Å². The highest BCUT2D eigenvalue weighted by Crippen LogP contribution is 2.21. The number of nitrogens with zero attached hydrogens (tertiary/aromatic N) is 2. The summed E-state index contributed by atoms with van der Waals surface area (Å²) in [4.78, 5) is 19.3. The second-order valence-electron chi connectivity index (χ2n) is 2.01. The number of halogens is 1. The van der Waals surface area contributed by atoms with E-state index in [0.29, 0.717) is 4.47 Å². The average Bonchev–Trinajstić information content (AvgIpc) is 2.03. The van der Waals surface area contributed by atoms with Crippen molar-refractivity contribution in [2.75, 3.05) is 12.8 Å². The summed E-state index contributed by atoms with van der Waals surface area (Å²) in [6, 6.07) is 1.58. The van der Waals surface area contributed by atoms with E-state index in [4.69, 9.17) is 5.73 Å². The van der Waals surface area contributed by atoms with E-state index >= 15 is 0 Å². The lowest BCUT2D eigenvalue weighted by atomic mass is 10.4. The molecule has 0 spiro atoms. The second-order valence-corrected chi connectivity index (χ2v) is 2.92. The Hall–Kier alpha value is -1.17. The van der Waals surface area contributed by atoms with Crippen LogP contribution in [-0.2, 0) is 4.84 Å². The molecule has 0 fully saturated rings. The summed E-state index contributed by atoms with van der Waals surface area (Å²) in [6.07, 6.45) is 1.47. The highest BCUT2D eigenvalue weighted by Gasteiger charge is 2.19. The molecule has 0 radical (unpaired) electrons. The van der Waals surface area contributed by atoms with Gasteiger partial charge in [0.1, 0.15) is 12.8 Å². The van der Waals surface area contributed by atoms with Gasteiger partial charge in [-0.05, 0) is 31.9 Å². The maximum absolute atomic E-state index is 10.9. The molecule has 0 atom stereocenters. The largest absolute Gasteiger partial charge is 0.431 e. The van der Waals surface area contributed by atoms with E-state index in [2.05, 4.69) is 25.8 Å². The van der Waals surface area contributed by atoms with Gasteiger partial charge in [-0.3, -0.25) is 0 Å². The van der Waals surface area contributed by atoms with E-state index in [1.54, 1.807) is 6.07 Å². The van der Waals surface area contributed by atoms with Gasteiger partial charge in [-0.1, -0.05) is 0 Å². The van der Waals surface area contributed by atoms with Crippen molar-refractivity contribution < 1.29 is 9.76 Å². The first-order chi connectivity index (χ1) is 5.65. The third-order valence-electron chi connectivity index (χ3n) is 1.20. The van der Waals surface area contributed by atoms with E-state index < -0.39 is 0 Å². The summed E-state index contributed by atoms with van der Waals surface area (Å²) in [5.41, 5.74) is 5.75. The Morgan fingerprint density at radius 1 is 1.75 bits per heavy atom. The fourth-order valence-corrected chi connectivity index (χ4v) is 1.04. The number of nitrogens with two attached hydrogens (primary N) is 1. The fraction of sp³-hybridized carbons (Fsp3) is 0.167. The monoisotopic (exact) mass is 232 g/mol. The molecule has 12 heavy (non-hydrogen) atoms. The molecule has 6 heteroatoms. The van der Waals surface area contributed by atoms with Gasteiger partial charge < -0.3 is 10.6 Å². The van der Waals surface area contributed by atoms with Crippen molar-refractivity contribution in [1.82, 2.24) is 4.98 Å². The van der Waals surface area contributed by atoms with Crippen molar-refractivity contribution in [2.24, 2.45) is 0 Å². The molecule has 1 heterocycles. The Balaban J connectivity index is 3.09. The maximum atomic E-state index is 10.9. The molecule has 1 aromatic rings. The van der Waals surface area contributed by atoms with Gasteiger partial charge in [-0.2, -0.15) is 0 Å². The van der Waals surface area contributed by atoms with Gasteiger partial charge in [0, 0.05) is 0 Å². The molecule has 0 saturated heterocycles. The number of pyridine rings is 1. The molecule has 0 saturated carbocycles. The minimum Gasteiger partial charge on any atom is -0.392 e. The summed E-state index contributed by atoms with van der Waals surface area (Å²) < 4.78 is 0.716. The standard InChI is InChI=1S/C6H7BrN3O2/c1-12-10(11)6-5(8)2-4(7)3-9-6/h2-3H,8H2,1H3/q+1.